The van der Waals surface area contributed by atoms with Gasteiger partial charge in [0.2, 0.25) is 0 Å². The number of carbonyl (C=O) groups is 1. The summed E-state index contributed by atoms with van der Waals surface area (Å²) in [5.74, 6) is 1.06. The number of nitrogens with zero attached hydrogens (tertiary/aromatic N) is 2. The Bertz CT molecular complexity index is 872. The largest absolute Gasteiger partial charge is 0.497 e. The molecule has 0 bridgehead atoms. The lowest BCUT2D eigenvalue weighted by atomic mass is 9.72. The number of rotatable bonds is 6. The van der Waals surface area contributed by atoms with Crippen LogP contribution in [0.3, 0.4) is 0 Å². The minimum absolute atomic E-state index is 0.0493. The lowest BCUT2D eigenvalue weighted by molar-refractivity contribution is -0.0485. The fourth-order valence-corrected chi connectivity index (χ4v) is 4.70. The van der Waals surface area contributed by atoms with E-state index < -0.39 is 0 Å². The molecule has 1 saturated heterocycles. The van der Waals surface area contributed by atoms with Crippen LogP contribution in [0.25, 0.3) is 0 Å². The molecule has 2 N–H and O–H groups in total. The van der Waals surface area contributed by atoms with E-state index in [9.17, 15) is 9.90 Å². The molecule has 0 saturated carbocycles. The summed E-state index contributed by atoms with van der Waals surface area (Å²) < 4.78 is 5.35. The van der Waals surface area contributed by atoms with Gasteiger partial charge in [0.05, 0.1) is 13.7 Å². The van der Waals surface area contributed by atoms with Crippen molar-refractivity contribution in [1.29, 1.82) is 0 Å². The fourth-order valence-electron chi connectivity index (χ4n) is 4.70. The number of hydrogen-bond acceptors (Lipinski definition) is 4. The van der Waals surface area contributed by atoms with E-state index in [2.05, 4.69) is 22.3 Å². The molecule has 6 heteroatoms. The van der Waals surface area contributed by atoms with Crippen LogP contribution in [0.5, 0.6) is 5.75 Å². The highest BCUT2D eigenvalue weighted by Gasteiger charge is 2.53. The molecule has 0 aromatic heterocycles. The van der Waals surface area contributed by atoms with Crippen LogP contribution >= 0.6 is 0 Å². The highest BCUT2D eigenvalue weighted by Crippen LogP contribution is 2.48. The van der Waals surface area contributed by atoms with Crippen LogP contribution in [0.2, 0.25) is 0 Å². The smallest absolute Gasteiger partial charge is 0.321 e. The second-order valence-electron chi connectivity index (χ2n) is 7.77. The first-order chi connectivity index (χ1) is 14.2. The summed E-state index contributed by atoms with van der Waals surface area (Å²) in [5, 5.41) is 13.1. The lowest BCUT2D eigenvalue weighted by Crippen LogP contribution is -2.69. The number of carbonyl (C=O) groups excluding carboxylic acids is 1. The van der Waals surface area contributed by atoms with Crippen LogP contribution < -0.4 is 15.0 Å². The summed E-state index contributed by atoms with van der Waals surface area (Å²) >= 11 is 0. The minimum Gasteiger partial charge on any atom is -0.497 e. The number of likely N-dealkylation sites (tertiary alicyclic amines) is 1. The third kappa shape index (κ3) is 3.58. The second kappa shape index (κ2) is 8.43. The van der Waals surface area contributed by atoms with E-state index in [1.54, 1.807) is 7.11 Å². The number of benzene rings is 2. The molecule has 2 aromatic carbocycles. The van der Waals surface area contributed by atoms with Crippen LogP contribution in [0.15, 0.2) is 48.5 Å². The average Bonchev–Trinajstić information content (AvgIpc) is 2.76. The molecule has 3 atom stereocenters. The van der Waals surface area contributed by atoms with Gasteiger partial charge in [-0.2, -0.15) is 0 Å². The van der Waals surface area contributed by atoms with Crippen molar-refractivity contribution in [2.75, 3.05) is 31.7 Å². The number of nitrogens with one attached hydrogen (secondary N) is 1. The van der Waals surface area contributed by atoms with Crippen LogP contribution in [0.1, 0.15) is 30.4 Å². The maximum atomic E-state index is 12.8. The van der Waals surface area contributed by atoms with Gasteiger partial charge in [-0.05, 0) is 35.7 Å². The van der Waals surface area contributed by atoms with Crippen molar-refractivity contribution >= 4 is 11.7 Å². The summed E-state index contributed by atoms with van der Waals surface area (Å²) in [6.45, 7) is 4.15. The normalized spacial score (nSPS) is 23.0. The molecule has 29 heavy (non-hydrogen) atoms. The van der Waals surface area contributed by atoms with E-state index in [0.29, 0.717) is 13.1 Å². The Kier molecular flexibility index (Phi) is 5.74. The van der Waals surface area contributed by atoms with E-state index >= 15 is 0 Å². The van der Waals surface area contributed by atoms with E-state index in [0.717, 1.165) is 35.5 Å². The number of urea groups is 1. The van der Waals surface area contributed by atoms with E-state index in [1.807, 2.05) is 48.2 Å². The summed E-state index contributed by atoms with van der Waals surface area (Å²) in [6.07, 6.45) is 0.905. The molecular weight excluding hydrogens is 366 g/mol. The number of hydrogen-bond donors (Lipinski definition) is 2. The van der Waals surface area contributed by atoms with Crippen LogP contribution in [0, 0.1) is 0 Å². The van der Waals surface area contributed by atoms with Crippen LogP contribution in [-0.4, -0.2) is 54.9 Å². The van der Waals surface area contributed by atoms with E-state index in [1.165, 1.54) is 0 Å². The Morgan fingerprint density at radius 1 is 1.24 bits per heavy atom. The number of aliphatic hydroxyl groups excluding tert-OH is 1. The van der Waals surface area contributed by atoms with Gasteiger partial charge in [-0.15, -0.1) is 0 Å². The van der Waals surface area contributed by atoms with Gasteiger partial charge in [0.1, 0.15) is 5.75 Å². The second-order valence-corrected chi connectivity index (χ2v) is 7.77. The maximum absolute atomic E-state index is 12.8. The molecule has 0 unspecified atom stereocenters. The van der Waals surface area contributed by atoms with Crippen molar-refractivity contribution in [2.45, 2.75) is 37.9 Å². The Hall–Kier alpha value is -2.57. The van der Waals surface area contributed by atoms with Gasteiger partial charge in [0.25, 0.3) is 0 Å². The molecule has 0 aliphatic carbocycles. The first-order valence-electron chi connectivity index (χ1n) is 10.3. The predicted molar refractivity (Wildman–Crippen MR) is 113 cm³/mol. The van der Waals surface area contributed by atoms with Crippen molar-refractivity contribution < 1.29 is 14.6 Å². The third-order valence-corrected chi connectivity index (χ3v) is 6.10. The Morgan fingerprint density at radius 2 is 2.07 bits per heavy atom. The van der Waals surface area contributed by atoms with Gasteiger partial charge in [0.15, 0.2) is 0 Å². The van der Waals surface area contributed by atoms with Crippen molar-refractivity contribution in [3.05, 3.63) is 59.7 Å². The van der Waals surface area contributed by atoms with Crippen molar-refractivity contribution in [3.63, 3.8) is 0 Å². The standard InChI is InChI=1S/C23H29N3O3/c1-3-11-24-23(28)26-14-20-22(18-9-4-5-10-19(18)26)21(15-27)25(20)13-16-7-6-8-17(12-16)29-2/h4-10,12,20-22,27H,3,11,13-15H2,1-2H3,(H,24,28)/t20-,21+,22+/m1/s1. The number of ether oxygens (including phenoxy) is 1. The molecule has 2 amide bonds. The number of aliphatic hydroxyl groups is 1. The third-order valence-electron chi connectivity index (χ3n) is 6.10. The number of amides is 2. The first kappa shape index (κ1) is 19.7. The molecule has 0 radical (unpaired) electrons. The van der Waals surface area contributed by atoms with Gasteiger partial charge in [0, 0.05) is 43.3 Å². The molecule has 4 rings (SSSR count). The van der Waals surface area contributed by atoms with Crippen molar-refractivity contribution in [1.82, 2.24) is 10.2 Å². The minimum atomic E-state index is -0.0495. The average molecular weight is 396 g/mol. The SMILES string of the molecule is CCCNC(=O)N1C[C@@H]2[C@H](c3ccccc31)[C@H](CO)N2Cc1cccc(OC)c1. The molecule has 6 nitrogen and oxygen atoms in total. The summed E-state index contributed by atoms with van der Waals surface area (Å²) in [7, 11) is 1.67. The van der Waals surface area contributed by atoms with Crippen molar-refractivity contribution in [2.24, 2.45) is 0 Å². The number of anilines is 1. The molecular formula is C23H29N3O3. The number of fused-ring (bicyclic) bond motifs is 3. The summed E-state index contributed by atoms with van der Waals surface area (Å²) in [5.41, 5.74) is 3.25. The van der Waals surface area contributed by atoms with Gasteiger partial charge in [-0.25, -0.2) is 4.79 Å². The van der Waals surface area contributed by atoms with Gasteiger partial charge in [-0.3, -0.25) is 9.80 Å². The van der Waals surface area contributed by atoms with Gasteiger partial charge in [-0.1, -0.05) is 37.3 Å². The lowest BCUT2D eigenvalue weighted by Gasteiger charge is -2.59. The van der Waals surface area contributed by atoms with Crippen LogP contribution in [-0.2, 0) is 6.54 Å². The zero-order chi connectivity index (χ0) is 20.4. The topological polar surface area (TPSA) is 65.0 Å². The zero-order valence-corrected chi connectivity index (χ0v) is 17.0. The predicted octanol–water partition coefficient (Wildman–Crippen LogP) is 2.96. The molecule has 154 valence electrons. The Balaban J connectivity index is 1.61. The summed E-state index contributed by atoms with van der Waals surface area (Å²) in [4.78, 5) is 17.0. The first-order valence-corrected chi connectivity index (χ1v) is 10.3. The van der Waals surface area contributed by atoms with Crippen molar-refractivity contribution in [3.8, 4) is 5.75 Å². The Labute approximate surface area is 172 Å². The molecule has 2 heterocycles. The quantitative estimate of drug-likeness (QED) is 0.789. The maximum Gasteiger partial charge on any atom is 0.321 e. The van der Waals surface area contributed by atoms with E-state index in [-0.39, 0.29) is 30.6 Å². The zero-order valence-electron chi connectivity index (χ0n) is 17.0. The van der Waals surface area contributed by atoms with Gasteiger partial charge >= 0.3 is 6.03 Å². The Morgan fingerprint density at radius 3 is 2.83 bits per heavy atom. The van der Waals surface area contributed by atoms with Gasteiger partial charge < -0.3 is 15.2 Å². The number of para-hydroxylation sites is 1. The molecule has 2 aliphatic rings. The van der Waals surface area contributed by atoms with E-state index in [4.69, 9.17) is 4.74 Å². The molecule has 1 fully saturated rings. The monoisotopic (exact) mass is 395 g/mol. The molecule has 2 aliphatic heterocycles. The number of methoxy groups -OCH3 is 1. The fraction of sp³-hybridized carbons (Fsp3) is 0.435. The highest BCUT2D eigenvalue weighted by molar-refractivity contribution is 5.94. The molecule has 0 spiro atoms. The summed E-state index contributed by atoms with van der Waals surface area (Å²) in [6, 6.07) is 16.3. The van der Waals surface area contributed by atoms with Crippen LogP contribution in [0.4, 0.5) is 10.5 Å². The molecule has 2 aromatic rings. The highest BCUT2D eigenvalue weighted by atomic mass is 16.5.